The van der Waals surface area contributed by atoms with Crippen molar-refractivity contribution in [2.24, 2.45) is 11.1 Å². The number of carbonyl (C=O) groups is 2. The van der Waals surface area contributed by atoms with Crippen LogP contribution in [0.3, 0.4) is 0 Å². The molecule has 0 atom stereocenters. The second-order valence-electron chi connectivity index (χ2n) is 6.86. The first kappa shape index (κ1) is 21.6. The van der Waals surface area contributed by atoms with Crippen molar-refractivity contribution in [3.8, 4) is 0 Å². The van der Waals surface area contributed by atoms with Crippen molar-refractivity contribution >= 4 is 24.1 Å². The van der Waals surface area contributed by atoms with Crippen molar-refractivity contribution in [1.29, 1.82) is 0 Å². The van der Waals surface area contributed by atoms with Gasteiger partial charge in [-0.15, -0.1) is 12.4 Å². The Morgan fingerprint density at radius 1 is 1.17 bits per heavy atom. The lowest BCUT2D eigenvalue weighted by atomic mass is 9.93. The van der Waals surface area contributed by atoms with Crippen LogP contribution in [0.1, 0.15) is 48.2 Å². The molecule has 0 heterocycles. The van der Waals surface area contributed by atoms with Crippen LogP contribution >= 0.6 is 12.4 Å². The van der Waals surface area contributed by atoms with Gasteiger partial charge in [0, 0.05) is 32.0 Å². The largest absolute Gasteiger partial charge is 0.345 e. The van der Waals surface area contributed by atoms with Crippen LogP contribution in [-0.4, -0.2) is 36.7 Å². The monoisotopic (exact) mass is 340 g/mol. The fourth-order valence-electron chi connectivity index (χ4n) is 2.38. The summed E-state index contributed by atoms with van der Waals surface area (Å²) in [5.41, 5.74) is 8.32. The van der Waals surface area contributed by atoms with Crippen LogP contribution in [0.15, 0.2) is 18.2 Å². The van der Waals surface area contributed by atoms with Crippen molar-refractivity contribution in [1.82, 2.24) is 4.90 Å². The molecule has 0 fully saturated rings. The highest BCUT2D eigenvalue weighted by atomic mass is 35.5. The van der Waals surface area contributed by atoms with E-state index in [0.29, 0.717) is 13.1 Å². The highest BCUT2D eigenvalue weighted by molar-refractivity contribution is 5.99. The maximum Gasteiger partial charge on any atom is 0.222 e. The van der Waals surface area contributed by atoms with E-state index < -0.39 is 0 Å². The number of nitrogens with zero attached hydrogens (tertiary/aromatic N) is 1. The number of ketones is 1. The van der Waals surface area contributed by atoms with Gasteiger partial charge in [0.05, 0.1) is 0 Å². The zero-order valence-corrected chi connectivity index (χ0v) is 15.6. The van der Waals surface area contributed by atoms with Crippen LogP contribution in [0, 0.1) is 19.3 Å². The predicted octanol–water partition coefficient (Wildman–Crippen LogP) is 3.13. The first-order chi connectivity index (χ1) is 10.2. The lowest BCUT2D eigenvalue weighted by Crippen LogP contribution is -2.39. The summed E-state index contributed by atoms with van der Waals surface area (Å²) in [4.78, 5) is 26.1. The molecule has 23 heavy (non-hydrogen) atoms. The Kier molecular flexibility index (Phi) is 8.49. The van der Waals surface area contributed by atoms with Gasteiger partial charge in [-0.2, -0.15) is 0 Å². The Hall–Kier alpha value is -1.39. The standard InChI is InChI=1S/C18H28N2O2.ClH/c1-13-6-7-14(2)15(10-13)16(21)8-9-17(22)20(5)12-18(3,4)11-19;/h6-7,10H,8-9,11-12,19H2,1-5H3;1H. The molecule has 0 unspecified atom stereocenters. The topological polar surface area (TPSA) is 63.4 Å². The zero-order chi connectivity index (χ0) is 16.9. The van der Waals surface area contributed by atoms with E-state index in [2.05, 4.69) is 0 Å². The summed E-state index contributed by atoms with van der Waals surface area (Å²) in [7, 11) is 1.77. The van der Waals surface area contributed by atoms with Crippen LogP contribution in [-0.2, 0) is 4.79 Å². The summed E-state index contributed by atoms with van der Waals surface area (Å²) in [5, 5.41) is 0. The van der Waals surface area contributed by atoms with Gasteiger partial charge in [-0.3, -0.25) is 9.59 Å². The molecule has 0 aliphatic heterocycles. The maximum absolute atomic E-state index is 12.3. The summed E-state index contributed by atoms with van der Waals surface area (Å²) >= 11 is 0. The number of amides is 1. The molecule has 0 saturated heterocycles. The summed E-state index contributed by atoms with van der Waals surface area (Å²) in [5.74, 6) is 0.0150. The minimum absolute atomic E-state index is 0. The molecule has 1 aromatic carbocycles. The molecular formula is C18H29ClN2O2. The molecule has 0 aliphatic rings. The third-order valence-electron chi connectivity index (χ3n) is 3.90. The minimum Gasteiger partial charge on any atom is -0.345 e. The summed E-state index contributed by atoms with van der Waals surface area (Å²) in [6.07, 6.45) is 0.486. The summed E-state index contributed by atoms with van der Waals surface area (Å²) in [6.45, 7) is 9.05. The molecule has 0 aliphatic carbocycles. The van der Waals surface area contributed by atoms with Crippen LogP contribution in [0.25, 0.3) is 0 Å². The lowest BCUT2D eigenvalue weighted by molar-refractivity contribution is -0.131. The number of hydrogen-bond acceptors (Lipinski definition) is 3. The summed E-state index contributed by atoms with van der Waals surface area (Å²) < 4.78 is 0. The molecule has 0 radical (unpaired) electrons. The molecule has 130 valence electrons. The molecule has 0 aromatic heterocycles. The number of hydrogen-bond donors (Lipinski definition) is 1. The van der Waals surface area contributed by atoms with E-state index >= 15 is 0 Å². The summed E-state index contributed by atoms with van der Waals surface area (Å²) in [6, 6.07) is 5.82. The molecule has 5 heteroatoms. The van der Waals surface area contributed by atoms with Gasteiger partial charge in [-0.1, -0.05) is 31.5 Å². The van der Waals surface area contributed by atoms with Crippen LogP contribution in [0.4, 0.5) is 0 Å². The van der Waals surface area contributed by atoms with Gasteiger partial charge in [0.2, 0.25) is 5.91 Å². The van der Waals surface area contributed by atoms with E-state index in [4.69, 9.17) is 5.73 Å². The van der Waals surface area contributed by atoms with Crippen molar-refractivity contribution in [3.63, 3.8) is 0 Å². The number of rotatable bonds is 7. The normalized spacial score (nSPS) is 10.9. The molecule has 0 saturated carbocycles. The van der Waals surface area contributed by atoms with Gasteiger partial charge in [0.15, 0.2) is 5.78 Å². The highest BCUT2D eigenvalue weighted by Gasteiger charge is 2.21. The quantitative estimate of drug-likeness (QED) is 0.775. The molecule has 1 rings (SSSR count). The Balaban J connectivity index is 0.00000484. The van der Waals surface area contributed by atoms with Crippen LogP contribution in [0.2, 0.25) is 0 Å². The Labute approximate surface area is 145 Å². The van der Waals surface area contributed by atoms with Gasteiger partial charge < -0.3 is 10.6 Å². The molecule has 0 spiro atoms. The first-order valence-electron chi connectivity index (χ1n) is 7.71. The number of benzene rings is 1. The van der Waals surface area contributed by atoms with Gasteiger partial charge in [-0.25, -0.2) is 0 Å². The van der Waals surface area contributed by atoms with E-state index in [1.54, 1.807) is 11.9 Å². The smallest absolute Gasteiger partial charge is 0.222 e. The molecule has 4 nitrogen and oxygen atoms in total. The van der Waals surface area contributed by atoms with Crippen LogP contribution in [0.5, 0.6) is 0 Å². The third kappa shape index (κ3) is 6.71. The van der Waals surface area contributed by atoms with Gasteiger partial charge >= 0.3 is 0 Å². The molecule has 0 bridgehead atoms. The molecule has 1 amide bonds. The highest BCUT2D eigenvalue weighted by Crippen LogP contribution is 2.16. The number of aryl methyl sites for hydroxylation is 2. The second-order valence-corrected chi connectivity index (χ2v) is 6.86. The van der Waals surface area contributed by atoms with Gasteiger partial charge in [0.1, 0.15) is 0 Å². The van der Waals surface area contributed by atoms with Gasteiger partial charge in [-0.05, 0) is 37.4 Å². The predicted molar refractivity (Wildman–Crippen MR) is 97.2 cm³/mol. The Morgan fingerprint density at radius 2 is 1.78 bits per heavy atom. The molecular weight excluding hydrogens is 312 g/mol. The zero-order valence-electron chi connectivity index (χ0n) is 14.8. The van der Waals surface area contributed by atoms with Gasteiger partial charge in [0.25, 0.3) is 0 Å². The number of Topliss-reactive ketones (excluding diaryl/α,β-unsaturated/α-hetero) is 1. The van der Waals surface area contributed by atoms with E-state index in [1.165, 1.54) is 0 Å². The average Bonchev–Trinajstić information content (AvgIpc) is 2.46. The van der Waals surface area contributed by atoms with E-state index in [9.17, 15) is 9.59 Å². The van der Waals surface area contributed by atoms with E-state index in [-0.39, 0.29) is 42.4 Å². The number of halogens is 1. The first-order valence-corrected chi connectivity index (χ1v) is 7.71. The Morgan fingerprint density at radius 3 is 2.35 bits per heavy atom. The van der Waals surface area contributed by atoms with E-state index in [1.807, 2.05) is 45.9 Å². The van der Waals surface area contributed by atoms with E-state index in [0.717, 1.165) is 16.7 Å². The molecule has 1 aromatic rings. The van der Waals surface area contributed by atoms with Crippen molar-refractivity contribution < 1.29 is 9.59 Å². The Bertz CT molecular complexity index is 556. The van der Waals surface area contributed by atoms with Crippen molar-refractivity contribution in [2.75, 3.05) is 20.1 Å². The number of nitrogens with two attached hydrogens (primary N) is 1. The fourth-order valence-corrected chi connectivity index (χ4v) is 2.38. The number of carbonyl (C=O) groups excluding carboxylic acids is 2. The third-order valence-corrected chi connectivity index (χ3v) is 3.90. The minimum atomic E-state index is -0.110. The average molecular weight is 341 g/mol. The SMILES string of the molecule is Cc1ccc(C)c(C(=O)CCC(=O)N(C)CC(C)(C)CN)c1.Cl. The lowest BCUT2D eigenvalue weighted by Gasteiger charge is -2.29. The van der Waals surface area contributed by atoms with Crippen molar-refractivity contribution in [2.45, 2.75) is 40.5 Å². The van der Waals surface area contributed by atoms with Crippen LogP contribution < -0.4 is 5.73 Å². The fraction of sp³-hybridized carbons (Fsp3) is 0.556. The van der Waals surface area contributed by atoms with Crippen molar-refractivity contribution in [3.05, 3.63) is 34.9 Å². The maximum atomic E-state index is 12.3. The molecule has 2 N–H and O–H groups in total. The second kappa shape index (κ2) is 9.04.